The van der Waals surface area contributed by atoms with Crippen LogP contribution in [0.25, 0.3) is 0 Å². The van der Waals surface area contributed by atoms with Crippen LogP contribution in [0.15, 0.2) is 18.2 Å². The van der Waals surface area contributed by atoms with Crippen LogP contribution in [-0.4, -0.2) is 56.6 Å². The van der Waals surface area contributed by atoms with Gasteiger partial charge < -0.3 is 19.1 Å². The standard InChI is InChI=1S/C15H19NO5/c1-2-20-13-5-3-4-12(10-17)15(13)21-11-14(18)16-6-8-19-9-7-16/h3-5,10H,2,6-9,11H2,1H3. The second kappa shape index (κ2) is 7.64. The number of carbonyl (C=O) groups is 2. The fraction of sp³-hybridized carbons (Fsp3) is 0.467. The van der Waals surface area contributed by atoms with Gasteiger partial charge in [-0.05, 0) is 19.1 Å². The number of ether oxygens (including phenoxy) is 3. The van der Waals surface area contributed by atoms with Crippen LogP contribution in [-0.2, 0) is 9.53 Å². The van der Waals surface area contributed by atoms with Crippen molar-refractivity contribution in [1.82, 2.24) is 4.90 Å². The van der Waals surface area contributed by atoms with Crippen molar-refractivity contribution in [2.45, 2.75) is 6.92 Å². The van der Waals surface area contributed by atoms with Gasteiger partial charge in [-0.3, -0.25) is 9.59 Å². The van der Waals surface area contributed by atoms with Gasteiger partial charge in [-0.25, -0.2) is 0 Å². The van der Waals surface area contributed by atoms with Gasteiger partial charge >= 0.3 is 0 Å². The van der Waals surface area contributed by atoms with Crippen LogP contribution in [0.3, 0.4) is 0 Å². The van der Waals surface area contributed by atoms with Crippen LogP contribution in [0, 0.1) is 0 Å². The first-order valence-electron chi connectivity index (χ1n) is 6.95. The SMILES string of the molecule is CCOc1cccc(C=O)c1OCC(=O)N1CCOCC1. The average Bonchev–Trinajstić information content (AvgIpc) is 2.54. The fourth-order valence-corrected chi connectivity index (χ4v) is 2.09. The van der Waals surface area contributed by atoms with E-state index < -0.39 is 0 Å². The van der Waals surface area contributed by atoms with E-state index in [4.69, 9.17) is 14.2 Å². The summed E-state index contributed by atoms with van der Waals surface area (Å²) in [7, 11) is 0. The topological polar surface area (TPSA) is 65.1 Å². The highest BCUT2D eigenvalue weighted by atomic mass is 16.5. The summed E-state index contributed by atoms with van der Waals surface area (Å²) in [6.45, 7) is 4.39. The summed E-state index contributed by atoms with van der Waals surface area (Å²) in [5.74, 6) is 0.661. The Labute approximate surface area is 123 Å². The first kappa shape index (κ1) is 15.3. The molecule has 0 aromatic heterocycles. The van der Waals surface area contributed by atoms with Crippen LogP contribution in [0.1, 0.15) is 17.3 Å². The molecule has 1 aliphatic heterocycles. The lowest BCUT2D eigenvalue weighted by molar-refractivity contribution is -0.137. The molecule has 21 heavy (non-hydrogen) atoms. The summed E-state index contributed by atoms with van der Waals surface area (Å²) in [5, 5.41) is 0. The van der Waals surface area contributed by atoms with Gasteiger partial charge in [0.15, 0.2) is 24.4 Å². The summed E-state index contributed by atoms with van der Waals surface area (Å²) in [4.78, 5) is 24.8. The normalized spacial score (nSPS) is 14.6. The molecule has 0 unspecified atom stereocenters. The Bertz CT molecular complexity index is 497. The quantitative estimate of drug-likeness (QED) is 0.736. The Morgan fingerprint density at radius 3 is 2.76 bits per heavy atom. The molecule has 0 N–H and O–H groups in total. The van der Waals surface area contributed by atoms with Crippen molar-refractivity contribution in [1.29, 1.82) is 0 Å². The predicted molar refractivity (Wildman–Crippen MR) is 75.9 cm³/mol. The Hall–Kier alpha value is -2.08. The minimum Gasteiger partial charge on any atom is -0.490 e. The minimum absolute atomic E-state index is 0.120. The lowest BCUT2D eigenvalue weighted by Gasteiger charge is -2.27. The van der Waals surface area contributed by atoms with E-state index in [1.54, 1.807) is 23.1 Å². The fourth-order valence-electron chi connectivity index (χ4n) is 2.09. The second-order valence-corrected chi connectivity index (χ2v) is 4.51. The van der Waals surface area contributed by atoms with Gasteiger partial charge in [0.25, 0.3) is 5.91 Å². The molecule has 2 rings (SSSR count). The van der Waals surface area contributed by atoms with Crippen LogP contribution < -0.4 is 9.47 Å². The van der Waals surface area contributed by atoms with Gasteiger partial charge in [0.05, 0.1) is 25.4 Å². The Morgan fingerprint density at radius 1 is 1.33 bits per heavy atom. The lowest BCUT2D eigenvalue weighted by atomic mass is 10.2. The maximum Gasteiger partial charge on any atom is 0.260 e. The summed E-state index contributed by atoms with van der Waals surface area (Å²) < 4.78 is 16.2. The van der Waals surface area contributed by atoms with E-state index in [2.05, 4.69) is 0 Å². The zero-order valence-corrected chi connectivity index (χ0v) is 12.0. The van der Waals surface area contributed by atoms with Crippen molar-refractivity contribution in [2.24, 2.45) is 0 Å². The largest absolute Gasteiger partial charge is 0.490 e. The number of amides is 1. The summed E-state index contributed by atoms with van der Waals surface area (Å²) in [6.07, 6.45) is 0.692. The van der Waals surface area contributed by atoms with Crippen molar-refractivity contribution >= 4 is 12.2 Å². The first-order chi connectivity index (χ1) is 10.3. The molecule has 1 saturated heterocycles. The summed E-state index contributed by atoms with van der Waals surface area (Å²) >= 11 is 0. The average molecular weight is 293 g/mol. The number of carbonyl (C=O) groups excluding carboxylic acids is 2. The molecule has 1 amide bonds. The van der Waals surface area contributed by atoms with Crippen molar-refractivity contribution in [3.05, 3.63) is 23.8 Å². The molecule has 0 radical (unpaired) electrons. The van der Waals surface area contributed by atoms with Crippen molar-refractivity contribution in [3.63, 3.8) is 0 Å². The van der Waals surface area contributed by atoms with Crippen molar-refractivity contribution in [2.75, 3.05) is 39.5 Å². The first-order valence-corrected chi connectivity index (χ1v) is 6.95. The number of benzene rings is 1. The molecule has 6 nitrogen and oxygen atoms in total. The van der Waals surface area contributed by atoms with E-state index in [-0.39, 0.29) is 12.5 Å². The molecule has 1 aliphatic rings. The van der Waals surface area contributed by atoms with Crippen molar-refractivity contribution < 1.29 is 23.8 Å². The van der Waals surface area contributed by atoms with Gasteiger partial charge in [-0.15, -0.1) is 0 Å². The molecule has 1 aromatic rings. The zero-order chi connectivity index (χ0) is 15.1. The number of para-hydroxylation sites is 1. The van der Waals surface area contributed by atoms with E-state index in [1.165, 1.54) is 0 Å². The number of morpholine rings is 1. The van der Waals surface area contributed by atoms with E-state index in [0.717, 1.165) is 0 Å². The third-order valence-corrected chi connectivity index (χ3v) is 3.14. The molecule has 114 valence electrons. The number of nitrogens with zero attached hydrogens (tertiary/aromatic N) is 1. The molecule has 1 aromatic carbocycles. The van der Waals surface area contributed by atoms with Gasteiger partial charge in [-0.1, -0.05) is 6.07 Å². The zero-order valence-electron chi connectivity index (χ0n) is 12.0. The molecule has 0 aliphatic carbocycles. The molecule has 0 bridgehead atoms. The summed E-state index contributed by atoms with van der Waals surface area (Å²) in [5.41, 5.74) is 0.371. The van der Waals surface area contributed by atoms with Gasteiger partial charge in [0.2, 0.25) is 0 Å². The smallest absolute Gasteiger partial charge is 0.260 e. The van der Waals surface area contributed by atoms with E-state index in [0.29, 0.717) is 56.3 Å². The molecule has 6 heteroatoms. The predicted octanol–water partition coefficient (Wildman–Crippen LogP) is 1.14. The van der Waals surface area contributed by atoms with Gasteiger partial charge in [0, 0.05) is 13.1 Å². The van der Waals surface area contributed by atoms with Crippen LogP contribution in [0.2, 0.25) is 0 Å². The van der Waals surface area contributed by atoms with Gasteiger partial charge in [0.1, 0.15) is 0 Å². The highest BCUT2D eigenvalue weighted by molar-refractivity contribution is 5.82. The summed E-state index contributed by atoms with van der Waals surface area (Å²) in [6, 6.07) is 5.06. The highest BCUT2D eigenvalue weighted by Crippen LogP contribution is 2.30. The molecule has 0 saturated carbocycles. The number of aldehydes is 1. The highest BCUT2D eigenvalue weighted by Gasteiger charge is 2.19. The monoisotopic (exact) mass is 293 g/mol. The maximum atomic E-state index is 12.1. The maximum absolute atomic E-state index is 12.1. The van der Waals surface area contributed by atoms with Crippen molar-refractivity contribution in [3.8, 4) is 11.5 Å². The molecule has 1 heterocycles. The Kier molecular flexibility index (Phi) is 5.57. The molecular formula is C15H19NO5. The van der Waals surface area contributed by atoms with Gasteiger partial charge in [-0.2, -0.15) is 0 Å². The lowest BCUT2D eigenvalue weighted by Crippen LogP contribution is -2.43. The van der Waals surface area contributed by atoms with E-state index in [1.807, 2.05) is 6.92 Å². The Balaban J connectivity index is 2.04. The third-order valence-electron chi connectivity index (χ3n) is 3.14. The van der Waals surface area contributed by atoms with E-state index >= 15 is 0 Å². The number of hydrogen-bond acceptors (Lipinski definition) is 5. The number of hydrogen-bond donors (Lipinski definition) is 0. The molecule has 1 fully saturated rings. The van der Waals surface area contributed by atoms with Crippen LogP contribution in [0.5, 0.6) is 11.5 Å². The van der Waals surface area contributed by atoms with Crippen LogP contribution in [0.4, 0.5) is 0 Å². The minimum atomic E-state index is -0.124. The second-order valence-electron chi connectivity index (χ2n) is 4.51. The third kappa shape index (κ3) is 3.95. The van der Waals surface area contributed by atoms with Crippen LogP contribution >= 0.6 is 0 Å². The molecule has 0 atom stereocenters. The molecule has 0 spiro atoms. The number of rotatable bonds is 6. The molecular weight excluding hydrogens is 274 g/mol. The van der Waals surface area contributed by atoms with E-state index in [9.17, 15) is 9.59 Å². The Morgan fingerprint density at radius 2 is 2.10 bits per heavy atom.